The summed E-state index contributed by atoms with van der Waals surface area (Å²) < 4.78 is 43.9. The standard InChI is InChI=1S/C15H17BrF3NO/c1-2-8-20-12(6-7-15(17,18)19)13-9-10-4-3-5-11(16)14(10)21-13/h3-5,9,12,20H,2,6-8H2,1H3. The first-order chi connectivity index (χ1) is 9.90. The average Bonchev–Trinajstić information content (AvgIpc) is 2.83. The zero-order valence-electron chi connectivity index (χ0n) is 11.6. The first kappa shape index (κ1) is 16.4. The van der Waals surface area contributed by atoms with E-state index in [-0.39, 0.29) is 6.42 Å². The average molecular weight is 364 g/mol. The number of alkyl halides is 3. The van der Waals surface area contributed by atoms with Crippen LogP contribution in [0, 0.1) is 0 Å². The van der Waals surface area contributed by atoms with Gasteiger partial charge >= 0.3 is 6.18 Å². The van der Waals surface area contributed by atoms with E-state index in [2.05, 4.69) is 21.2 Å². The van der Waals surface area contributed by atoms with Gasteiger partial charge in [0.1, 0.15) is 11.3 Å². The van der Waals surface area contributed by atoms with Gasteiger partial charge in [0.15, 0.2) is 0 Å². The Balaban J connectivity index is 2.23. The molecule has 0 fully saturated rings. The van der Waals surface area contributed by atoms with Crippen LogP contribution in [-0.2, 0) is 0 Å². The van der Waals surface area contributed by atoms with Gasteiger partial charge in [-0.1, -0.05) is 19.1 Å². The molecule has 1 N–H and O–H groups in total. The van der Waals surface area contributed by atoms with Crippen molar-refractivity contribution in [2.45, 2.75) is 38.4 Å². The van der Waals surface area contributed by atoms with E-state index in [1.807, 2.05) is 31.2 Å². The lowest BCUT2D eigenvalue weighted by Crippen LogP contribution is -2.23. The normalized spacial score (nSPS) is 13.8. The fourth-order valence-electron chi connectivity index (χ4n) is 2.19. The first-order valence-electron chi connectivity index (χ1n) is 6.89. The molecule has 6 heteroatoms. The van der Waals surface area contributed by atoms with Crippen molar-refractivity contribution in [3.8, 4) is 0 Å². The highest BCUT2D eigenvalue weighted by atomic mass is 79.9. The van der Waals surface area contributed by atoms with E-state index in [9.17, 15) is 13.2 Å². The Morgan fingerprint density at radius 3 is 2.71 bits per heavy atom. The number of fused-ring (bicyclic) bond motifs is 1. The second kappa shape index (κ2) is 6.83. The fraction of sp³-hybridized carbons (Fsp3) is 0.467. The topological polar surface area (TPSA) is 25.2 Å². The Bertz CT molecular complexity index is 594. The molecule has 1 atom stereocenters. The van der Waals surface area contributed by atoms with Crippen LogP contribution in [0.4, 0.5) is 13.2 Å². The predicted octanol–water partition coefficient (Wildman–Crippen LogP) is 5.58. The van der Waals surface area contributed by atoms with Crippen molar-refractivity contribution in [2.75, 3.05) is 6.54 Å². The third-order valence-electron chi connectivity index (χ3n) is 3.22. The van der Waals surface area contributed by atoms with Crippen LogP contribution in [0.1, 0.15) is 38.0 Å². The SMILES string of the molecule is CCCNC(CCC(F)(F)F)c1cc2cccc(Br)c2o1. The van der Waals surface area contributed by atoms with E-state index in [0.29, 0.717) is 17.9 Å². The largest absolute Gasteiger partial charge is 0.458 e. The molecule has 0 aliphatic heterocycles. The highest BCUT2D eigenvalue weighted by Gasteiger charge is 2.29. The molecule has 1 aromatic carbocycles. The smallest absolute Gasteiger partial charge is 0.389 e. The van der Waals surface area contributed by atoms with Crippen molar-refractivity contribution in [2.24, 2.45) is 0 Å². The van der Waals surface area contributed by atoms with Gasteiger partial charge in [-0.05, 0) is 47.4 Å². The molecule has 21 heavy (non-hydrogen) atoms. The molecule has 0 aliphatic rings. The third-order valence-corrected chi connectivity index (χ3v) is 3.84. The number of rotatable bonds is 6. The molecule has 0 spiro atoms. The highest BCUT2D eigenvalue weighted by molar-refractivity contribution is 9.10. The van der Waals surface area contributed by atoms with Crippen molar-refractivity contribution < 1.29 is 17.6 Å². The number of hydrogen-bond acceptors (Lipinski definition) is 2. The van der Waals surface area contributed by atoms with E-state index in [1.54, 1.807) is 0 Å². The van der Waals surface area contributed by atoms with Gasteiger partial charge in [-0.15, -0.1) is 0 Å². The minimum absolute atomic E-state index is 0.0268. The Morgan fingerprint density at radius 1 is 1.33 bits per heavy atom. The Hall–Kier alpha value is -1.01. The highest BCUT2D eigenvalue weighted by Crippen LogP contribution is 2.33. The summed E-state index contributed by atoms with van der Waals surface area (Å²) in [4.78, 5) is 0. The number of hydrogen-bond donors (Lipinski definition) is 1. The summed E-state index contributed by atoms with van der Waals surface area (Å²) in [6, 6.07) is 6.98. The van der Waals surface area contributed by atoms with Gasteiger partial charge in [0.25, 0.3) is 0 Å². The summed E-state index contributed by atoms with van der Waals surface area (Å²) in [6.45, 7) is 2.63. The lowest BCUT2D eigenvalue weighted by atomic mass is 10.1. The molecule has 0 radical (unpaired) electrons. The first-order valence-corrected chi connectivity index (χ1v) is 7.68. The minimum atomic E-state index is -4.15. The monoisotopic (exact) mass is 363 g/mol. The molecular weight excluding hydrogens is 347 g/mol. The van der Waals surface area contributed by atoms with E-state index in [1.165, 1.54) is 0 Å². The van der Waals surface area contributed by atoms with E-state index in [4.69, 9.17) is 4.42 Å². The summed E-state index contributed by atoms with van der Waals surface area (Å²) in [6.07, 6.45) is -4.15. The third kappa shape index (κ3) is 4.48. The summed E-state index contributed by atoms with van der Waals surface area (Å²) in [5, 5.41) is 4.01. The van der Waals surface area contributed by atoms with Crippen LogP contribution in [0.15, 0.2) is 33.2 Å². The number of halogens is 4. The molecule has 2 rings (SSSR count). The number of furan rings is 1. The van der Waals surface area contributed by atoms with Crippen molar-refractivity contribution in [1.29, 1.82) is 0 Å². The lowest BCUT2D eigenvalue weighted by molar-refractivity contribution is -0.136. The number of benzene rings is 1. The molecule has 116 valence electrons. The van der Waals surface area contributed by atoms with Gasteiger partial charge in [-0.2, -0.15) is 13.2 Å². The van der Waals surface area contributed by atoms with Crippen LogP contribution in [-0.4, -0.2) is 12.7 Å². The summed E-state index contributed by atoms with van der Waals surface area (Å²) in [7, 11) is 0. The zero-order chi connectivity index (χ0) is 15.5. The van der Waals surface area contributed by atoms with Crippen molar-refractivity contribution in [1.82, 2.24) is 5.32 Å². The van der Waals surface area contributed by atoms with E-state index in [0.717, 1.165) is 16.3 Å². The maximum atomic E-state index is 12.5. The molecule has 0 amide bonds. The Kier molecular flexibility index (Phi) is 5.32. The molecule has 2 aromatic rings. The van der Waals surface area contributed by atoms with Crippen LogP contribution in [0.3, 0.4) is 0 Å². The van der Waals surface area contributed by atoms with Crippen LogP contribution >= 0.6 is 15.9 Å². The molecule has 0 saturated carbocycles. The molecule has 1 aromatic heterocycles. The van der Waals surface area contributed by atoms with Crippen molar-refractivity contribution >= 4 is 26.9 Å². The minimum Gasteiger partial charge on any atom is -0.458 e. The van der Waals surface area contributed by atoms with Gasteiger partial charge in [0.2, 0.25) is 0 Å². The van der Waals surface area contributed by atoms with E-state index >= 15 is 0 Å². The Morgan fingerprint density at radius 2 is 2.10 bits per heavy atom. The van der Waals surface area contributed by atoms with Crippen molar-refractivity contribution in [3.05, 3.63) is 34.5 Å². The predicted molar refractivity (Wildman–Crippen MR) is 80.2 cm³/mol. The Labute approximate surface area is 129 Å². The van der Waals surface area contributed by atoms with Crippen LogP contribution in [0.25, 0.3) is 11.0 Å². The molecule has 1 unspecified atom stereocenters. The summed E-state index contributed by atoms with van der Waals surface area (Å²) >= 11 is 3.39. The molecule has 0 bridgehead atoms. The summed E-state index contributed by atoms with van der Waals surface area (Å²) in [5.74, 6) is 0.551. The number of para-hydroxylation sites is 1. The maximum Gasteiger partial charge on any atom is 0.389 e. The summed E-state index contributed by atoms with van der Waals surface area (Å²) in [5.41, 5.74) is 0.669. The molecule has 0 saturated heterocycles. The van der Waals surface area contributed by atoms with Gasteiger partial charge < -0.3 is 9.73 Å². The van der Waals surface area contributed by atoms with E-state index < -0.39 is 18.6 Å². The zero-order valence-corrected chi connectivity index (χ0v) is 13.2. The van der Waals surface area contributed by atoms with Crippen molar-refractivity contribution in [3.63, 3.8) is 0 Å². The molecule has 2 nitrogen and oxygen atoms in total. The molecule has 1 heterocycles. The van der Waals surface area contributed by atoms with Crippen LogP contribution in [0.2, 0.25) is 0 Å². The van der Waals surface area contributed by atoms with Gasteiger partial charge in [0.05, 0.1) is 10.5 Å². The quantitative estimate of drug-likeness (QED) is 0.724. The van der Waals surface area contributed by atoms with Gasteiger partial charge in [-0.25, -0.2) is 0 Å². The fourth-order valence-corrected chi connectivity index (χ4v) is 2.65. The second-order valence-electron chi connectivity index (χ2n) is 4.97. The number of nitrogens with one attached hydrogen (secondary N) is 1. The van der Waals surface area contributed by atoms with Crippen LogP contribution < -0.4 is 5.32 Å². The van der Waals surface area contributed by atoms with Crippen LogP contribution in [0.5, 0.6) is 0 Å². The lowest BCUT2D eigenvalue weighted by Gasteiger charge is -2.17. The molecular formula is C15H17BrF3NO. The molecule has 0 aliphatic carbocycles. The van der Waals surface area contributed by atoms with Gasteiger partial charge in [0, 0.05) is 11.8 Å². The second-order valence-corrected chi connectivity index (χ2v) is 5.82. The van der Waals surface area contributed by atoms with Gasteiger partial charge in [-0.3, -0.25) is 0 Å². The maximum absolute atomic E-state index is 12.5.